The van der Waals surface area contributed by atoms with Crippen molar-refractivity contribution in [1.82, 2.24) is 14.6 Å². The van der Waals surface area contributed by atoms with Gasteiger partial charge >= 0.3 is 0 Å². The number of rotatable bonds is 2. The van der Waals surface area contributed by atoms with Crippen LogP contribution in [-0.2, 0) is 10.2 Å². The highest BCUT2D eigenvalue weighted by molar-refractivity contribution is 7.86. The van der Waals surface area contributed by atoms with Crippen molar-refractivity contribution in [3.8, 4) is 0 Å². The average Bonchev–Trinajstić information content (AvgIpc) is 2.29. The molecule has 0 bridgehead atoms. The van der Waals surface area contributed by atoms with Crippen LogP contribution in [-0.4, -0.2) is 37.3 Å². The van der Waals surface area contributed by atoms with Gasteiger partial charge in [0, 0.05) is 32.0 Å². The number of hydrogen-bond donors (Lipinski definition) is 2. The number of pyridine rings is 1. The molecule has 1 aromatic heterocycles. The molecule has 2 heterocycles. The Morgan fingerprint density at radius 3 is 3.00 bits per heavy atom. The summed E-state index contributed by atoms with van der Waals surface area (Å²) in [4.78, 5) is 3.99. The van der Waals surface area contributed by atoms with E-state index in [0.717, 1.165) is 5.56 Å². The third-order valence-electron chi connectivity index (χ3n) is 2.59. The van der Waals surface area contributed by atoms with Crippen LogP contribution < -0.4 is 10.5 Å². The van der Waals surface area contributed by atoms with Crippen LogP contribution in [0.25, 0.3) is 0 Å². The van der Waals surface area contributed by atoms with Crippen LogP contribution in [0.2, 0.25) is 0 Å². The van der Waals surface area contributed by atoms with Gasteiger partial charge in [-0.05, 0) is 11.6 Å². The molecule has 1 aromatic rings. The topological polar surface area (TPSA) is 88.3 Å². The summed E-state index contributed by atoms with van der Waals surface area (Å²) >= 11 is 0. The van der Waals surface area contributed by atoms with Crippen LogP contribution in [0.1, 0.15) is 11.6 Å². The Bertz CT molecular complexity index is 448. The van der Waals surface area contributed by atoms with Crippen LogP contribution >= 0.6 is 0 Å². The summed E-state index contributed by atoms with van der Waals surface area (Å²) in [6, 6.07) is 3.37. The lowest BCUT2D eigenvalue weighted by Gasteiger charge is -2.33. The highest BCUT2D eigenvalue weighted by Gasteiger charge is 2.30. The first-order chi connectivity index (χ1) is 7.59. The third kappa shape index (κ3) is 2.38. The molecule has 3 N–H and O–H groups in total. The van der Waals surface area contributed by atoms with Crippen molar-refractivity contribution >= 4 is 10.2 Å². The molecule has 6 nitrogen and oxygen atoms in total. The Hall–Kier alpha value is -1.02. The number of nitrogens with two attached hydrogens (primary N) is 1. The van der Waals surface area contributed by atoms with Crippen molar-refractivity contribution in [3.63, 3.8) is 0 Å². The highest BCUT2D eigenvalue weighted by atomic mass is 32.2. The molecule has 1 aliphatic heterocycles. The lowest BCUT2D eigenvalue weighted by atomic mass is 10.1. The number of hydrogen-bond acceptors (Lipinski definition) is 4. The van der Waals surface area contributed by atoms with Gasteiger partial charge in [0.1, 0.15) is 0 Å². The lowest BCUT2D eigenvalue weighted by Crippen LogP contribution is -2.50. The molecule has 0 aliphatic carbocycles. The van der Waals surface area contributed by atoms with Crippen molar-refractivity contribution in [2.24, 2.45) is 5.14 Å². The normalized spacial score (nSPS) is 23.2. The van der Waals surface area contributed by atoms with E-state index in [1.165, 1.54) is 4.31 Å². The van der Waals surface area contributed by atoms with Gasteiger partial charge in [-0.3, -0.25) is 4.98 Å². The van der Waals surface area contributed by atoms with Crippen molar-refractivity contribution in [2.75, 3.05) is 19.6 Å². The summed E-state index contributed by atoms with van der Waals surface area (Å²) in [5.41, 5.74) is 0.851. The SMILES string of the molecule is NS(=O)(=O)N1CCNCC1c1cccnc1. The molecule has 1 fully saturated rings. The van der Waals surface area contributed by atoms with Crippen molar-refractivity contribution in [1.29, 1.82) is 0 Å². The van der Waals surface area contributed by atoms with E-state index in [0.29, 0.717) is 19.6 Å². The predicted molar refractivity (Wildman–Crippen MR) is 59.7 cm³/mol. The molecule has 0 aromatic carbocycles. The molecular weight excluding hydrogens is 228 g/mol. The van der Waals surface area contributed by atoms with Crippen LogP contribution in [0.4, 0.5) is 0 Å². The summed E-state index contributed by atoms with van der Waals surface area (Å²) in [5.74, 6) is 0. The van der Waals surface area contributed by atoms with Gasteiger partial charge in [-0.1, -0.05) is 6.07 Å². The quantitative estimate of drug-likeness (QED) is 0.713. The molecule has 1 aliphatic rings. The van der Waals surface area contributed by atoms with Gasteiger partial charge in [0.25, 0.3) is 10.2 Å². The van der Waals surface area contributed by atoms with E-state index >= 15 is 0 Å². The second-order valence-corrected chi connectivity index (χ2v) is 5.16. The zero-order valence-electron chi connectivity index (χ0n) is 8.70. The number of piperazine rings is 1. The standard InChI is InChI=1S/C9H14N4O2S/c10-16(14,15)13-5-4-12-7-9(13)8-2-1-3-11-6-8/h1-3,6,9,12H,4-5,7H2,(H2,10,14,15). The van der Waals surface area contributed by atoms with E-state index in [-0.39, 0.29) is 6.04 Å². The van der Waals surface area contributed by atoms with E-state index in [9.17, 15) is 8.42 Å². The monoisotopic (exact) mass is 242 g/mol. The molecule has 1 unspecified atom stereocenters. The fraction of sp³-hybridized carbons (Fsp3) is 0.444. The molecule has 0 spiro atoms. The fourth-order valence-corrected chi connectivity index (χ4v) is 2.74. The van der Waals surface area contributed by atoms with Crippen molar-refractivity contribution < 1.29 is 8.42 Å². The van der Waals surface area contributed by atoms with E-state index < -0.39 is 10.2 Å². The van der Waals surface area contributed by atoms with Crippen molar-refractivity contribution in [2.45, 2.75) is 6.04 Å². The molecule has 0 saturated carbocycles. The smallest absolute Gasteiger partial charge is 0.277 e. The zero-order valence-corrected chi connectivity index (χ0v) is 9.52. The van der Waals surface area contributed by atoms with E-state index in [1.807, 2.05) is 6.07 Å². The minimum absolute atomic E-state index is 0.266. The summed E-state index contributed by atoms with van der Waals surface area (Å²) in [7, 11) is -3.66. The number of nitrogens with zero attached hydrogens (tertiary/aromatic N) is 2. The molecule has 16 heavy (non-hydrogen) atoms. The Kier molecular flexibility index (Phi) is 3.20. The lowest BCUT2D eigenvalue weighted by molar-refractivity contribution is 0.271. The summed E-state index contributed by atoms with van der Waals surface area (Å²) in [6.07, 6.45) is 3.32. The van der Waals surface area contributed by atoms with E-state index in [4.69, 9.17) is 5.14 Å². The number of nitrogens with one attached hydrogen (secondary N) is 1. The van der Waals surface area contributed by atoms with E-state index in [1.54, 1.807) is 18.5 Å². The molecule has 0 radical (unpaired) electrons. The fourth-order valence-electron chi connectivity index (χ4n) is 1.85. The number of aromatic nitrogens is 1. The van der Waals surface area contributed by atoms with Crippen LogP contribution in [0.5, 0.6) is 0 Å². The van der Waals surface area contributed by atoms with Gasteiger partial charge in [-0.25, -0.2) is 5.14 Å². The van der Waals surface area contributed by atoms with Gasteiger partial charge in [0.2, 0.25) is 0 Å². The summed E-state index contributed by atoms with van der Waals surface area (Å²) < 4.78 is 24.2. The third-order valence-corrected chi connectivity index (χ3v) is 3.68. The Balaban J connectivity index is 2.31. The zero-order chi connectivity index (χ0) is 11.6. The molecule has 1 saturated heterocycles. The second-order valence-electron chi connectivity index (χ2n) is 3.66. The van der Waals surface area contributed by atoms with Crippen molar-refractivity contribution in [3.05, 3.63) is 30.1 Å². The molecule has 2 rings (SSSR count). The maximum absolute atomic E-state index is 11.4. The maximum atomic E-state index is 11.4. The highest BCUT2D eigenvalue weighted by Crippen LogP contribution is 2.22. The summed E-state index contributed by atoms with van der Waals surface area (Å²) in [6.45, 7) is 1.56. The molecule has 0 amide bonds. The Labute approximate surface area is 94.7 Å². The summed E-state index contributed by atoms with van der Waals surface area (Å²) in [5, 5.41) is 8.33. The Morgan fingerprint density at radius 1 is 1.56 bits per heavy atom. The first-order valence-electron chi connectivity index (χ1n) is 4.99. The van der Waals surface area contributed by atoms with Gasteiger partial charge in [-0.2, -0.15) is 12.7 Å². The van der Waals surface area contributed by atoms with Gasteiger partial charge in [0.15, 0.2) is 0 Å². The maximum Gasteiger partial charge on any atom is 0.277 e. The Morgan fingerprint density at radius 2 is 2.38 bits per heavy atom. The molecule has 88 valence electrons. The average molecular weight is 242 g/mol. The predicted octanol–water partition coefficient (Wildman–Crippen LogP) is -0.769. The minimum atomic E-state index is -3.66. The van der Waals surface area contributed by atoms with Crippen LogP contribution in [0.3, 0.4) is 0 Å². The largest absolute Gasteiger partial charge is 0.313 e. The first-order valence-corrected chi connectivity index (χ1v) is 6.49. The van der Waals surface area contributed by atoms with E-state index in [2.05, 4.69) is 10.3 Å². The first kappa shape index (κ1) is 11.5. The molecular formula is C9H14N4O2S. The molecule has 7 heteroatoms. The molecule has 1 atom stereocenters. The van der Waals surface area contributed by atoms with Crippen LogP contribution in [0.15, 0.2) is 24.5 Å². The minimum Gasteiger partial charge on any atom is -0.313 e. The van der Waals surface area contributed by atoms with Gasteiger partial charge in [-0.15, -0.1) is 0 Å². The van der Waals surface area contributed by atoms with Gasteiger partial charge < -0.3 is 5.32 Å². The van der Waals surface area contributed by atoms with Crippen LogP contribution in [0, 0.1) is 0 Å². The van der Waals surface area contributed by atoms with Gasteiger partial charge in [0.05, 0.1) is 6.04 Å². The second kappa shape index (κ2) is 4.46.